The molecule has 1 heterocycles. The number of thiazole rings is 1. The van der Waals surface area contributed by atoms with E-state index in [1.165, 1.54) is 0 Å². The molecule has 0 amide bonds. The van der Waals surface area contributed by atoms with Gasteiger partial charge in [-0.3, -0.25) is 14.8 Å². The first-order valence-electron chi connectivity index (χ1n) is 7.01. The molecule has 0 saturated carbocycles. The number of halogens is 1. The lowest BCUT2D eigenvalue weighted by Crippen LogP contribution is -2.13. The van der Waals surface area contributed by atoms with Gasteiger partial charge in [0.1, 0.15) is 5.15 Å². The van der Waals surface area contributed by atoms with E-state index in [4.69, 9.17) is 11.6 Å². The summed E-state index contributed by atoms with van der Waals surface area (Å²) in [5.74, 6) is 0. The van der Waals surface area contributed by atoms with Gasteiger partial charge in [-0.1, -0.05) is 71.5 Å². The third-order valence-corrected chi connectivity index (χ3v) is 4.62. The molecule has 0 bridgehead atoms. The van der Waals surface area contributed by atoms with Crippen LogP contribution in [0.2, 0.25) is 5.15 Å². The third-order valence-electron chi connectivity index (χ3n) is 3.19. The maximum atomic E-state index is 12.1. The van der Waals surface area contributed by atoms with Crippen LogP contribution in [0.3, 0.4) is 0 Å². The van der Waals surface area contributed by atoms with E-state index in [2.05, 4.69) is 10.5 Å². The summed E-state index contributed by atoms with van der Waals surface area (Å²) >= 11 is 7.40. The van der Waals surface area contributed by atoms with Crippen LogP contribution in [0.1, 0.15) is 10.4 Å². The highest BCUT2D eigenvalue weighted by atomic mass is 35.5. The van der Waals surface area contributed by atoms with Crippen molar-refractivity contribution >= 4 is 34.8 Å². The minimum absolute atomic E-state index is 0.0972. The van der Waals surface area contributed by atoms with E-state index in [0.717, 1.165) is 22.6 Å². The molecular formula is C17H14ClN3OS. The number of nitrogens with one attached hydrogen (secondary N) is 1. The van der Waals surface area contributed by atoms with E-state index in [1.54, 1.807) is 10.8 Å². The summed E-state index contributed by atoms with van der Waals surface area (Å²) in [5, 5.41) is 4.54. The molecule has 0 unspecified atom stereocenters. The molecule has 116 valence electrons. The molecule has 3 rings (SSSR count). The van der Waals surface area contributed by atoms with Gasteiger partial charge in [0.2, 0.25) is 0 Å². The maximum absolute atomic E-state index is 12.1. The van der Waals surface area contributed by atoms with Gasteiger partial charge in [-0.15, -0.1) is 0 Å². The van der Waals surface area contributed by atoms with Crippen molar-refractivity contribution in [2.24, 2.45) is 5.10 Å². The van der Waals surface area contributed by atoms with Crippen LogP contribution in [0, 0.1) is 0 Å². The lowest BCUT2D eigenvalue weighted by Gasteiger charge is -2.03. The molecular weight excluding hydrogens is 330 g/mol. The quantitative estimate of drug-likeness (QED) is 0.561. The lowest BCUT2D eigenvalue weighted by atomic mass is 10.2. The number of nitrogens with zero attached hydrogens (tertiary/aromatic N) is 2. The molecule has 6 heteroatoms. The fourth-order valence-electron chi connectivity index (χ4n) is 2.06. The fraction of sp³-hybridized carbons (Fsp3) is 0.0588. The Bertz CT molecular complexity index is 857. The Kier molecular flexibility index (Phi) is 4.90. The first-order valence-corrected chi connectivity index (χ1v) is 8.20. The van der Waals surface area contributed by atoms with Gasteiger partial charge < -0.3 is 0 Å². The Hall–Kier alpha value is -2.37. The standard InChI is InChI=1S/C17H14ClN3OS/c18-16-15(11-19-20-14-9-5-2-6-10-14)23-17(22)21(16)12-13-7-3-1-4-8-13/h1-11,20H,12H2/b19-11+. The molecule has 0 aliphatic heterocycles. The van der Waals surface area contributed by atoms with Gasteiger partial charge in [-0.25, -0.2) is 0 Å². The number of hydrogen-bond acceptors (Lipinski definition) is 4. The molecule has 2 aromatic carbocycles. The molecule has 0 aliphatic rings. The first-order chi connectivity index (χ1) is 11.2. The van der Waals surface area contributed by atoms with Gasteiger partial charge in [-0.2, -0.15) is 5.10 Å². The Morgan fingerprint density at radius 3 is 2.43 bits per heavy atom. The second-order valence-electron chi connectivity index (χ2n) is 4.83. The molecule has 23 heavy (non-hydrogen) atoms. The van der Waals surface area contributed by atoms with Crippen LogP contribution in [-0.2, 0) is 6.54 Å². The van der Waals surface area contributed by atoms with E-state index in [1.807, 2.05) is 60.7 Å². The third kappa shape index (κ3) is 3.88. The average molecular weight is 344 g/mol. The molecule has 3 aromatic rings. The van der Waals surface area contributed by atoms with Crippen LogP contribution in [-0.4, -0.2) is 10.8 Å². The number of hydrogen-bond donors (Lipinski definition) is 1. The first kappa shape index (κ1) is 15.5. The van der Waals surface area contributed by atoms with Crippen molar-refractivity contribution in [3.63, 3.8) is 0 Å². The van der Waals surface area contributed by atoms with Crippen LogP contribution in [0.4, 0.5) is 5.69 Å². The zero-order valence-electron chi connectivity index (χ0n) is 12.1. The van der Waals surface area contributed by atoms with E-state index in [9.17, 15) is 4.79 Å². The van der Waals surface area contributed by atoms with Crippen molar-refractivity contribution in [3.05, 3.63) is 85.9 Å². The monoisotopic (exact) mass is 343 g/mol. The van der Waals surface area contributed by atoms with Crippen molar-refractivity contribution in [2.45, 2.75) is 6.54 Å². The number of anilines is 1. The van der Waals surface area contributed by atoms with Crippen LogP contribution < -0.4 is 10.3 Å². The van der Waals surface area contributed by atoms with Gasteiger partial charge >= 0.3 is 4.87 Å². The second-order valence-corrected chi connectivity index (χ2v) is 6.18. The van der Waals surface area contributed by atoms with Crippen LogP contribution in [0.15, 0.2) is 70.6 Å². The molecule has 0 aliphatic carbocycles. The summed E-state index contributed by atoms with van der Waals surface area (Å²) in [6, 6.07) is 19.3. The van der Waals surface area contributed by atoms with Crippen molar-refractivity contribution in [1.29, 1.82) is 0 Å². The van der Waals surface area contributed by atoms with Crippen LogP contribution in [0.25, 0.3) is 0 Å². The molecule has 0 fully saturated rings. The Morgan fingerprint density at radius 2 is 1.74 bits per heavy atom. The molecule has 0 spiro atoms. The van der Waals surface area contributed by atoms with Crippen molar-refractivity contribution in [3.8, 4) is 0 Å². The summed E-state index contributed by atoms with van der Waals surface area (Å²) in [6.07, 6.45) is 1.57. The maximum Gasteiger partial charge on any atom is 0.309 e. The average Bonchev–Trinajstić information content (AvgIpc) is 2.85. The summed E-state index contributed by atoms with van der Waals surface area (Å²) in [5.41, 5.74) is 4.80. The molecule has 0 radical (unpaired) electrons. The zero-order valence-corrected chi connectivity index (χ0v) is 13.7. The van der Waals surface area contributed by atoms with E-state index in [0.29, 0.717) is 16.6 Å². The van der Waals surface area contributed by atoms with Gasteiger partial charge in [0.25, 0.3) is 0 Å². The van der Waals surface area contributed by atoms with Gasteiger partial charge in [0.05, 0.1) is 23.3 Å². The van der Waals surface area contributed by atoms with Crippen molar-refractivity contribution in [2.75, 3.05) is 5.43 Å². The minimum atomic E-state index is -0.0972. The van der Waals surface area contributed by atoms with Crippen molar-refractivity contribution < 1.29 is 0 Å². The molecule has 1 aromatic heterocycles. The largest absolute Gasteiger partial charge is 0.309 e. The van der Waals surface area contributed by atoms with Crippen molar-refractivity contribution in [1.82, 2.24) is 4.57 Å². The highest BCUT2D eigenvalue weighted by Crippen LogP contribution is 2.18. The smallest absolute Gasteiger partial charge is 0.284 e. The second kappa shape index (κ2) is 7.26. The normalized spacial score (nSPS) is 11.0. The summed E-state index contributed by atoms with van der Waals surface area (Å²) in [7, 11) is 0. The summed E-state index contributed by atoms with van der Waals surface area (Å²) < 4.78 is 1.55. The molecule has 4 nitrogen and oxygen atoms in total. The highest BCUT2D eigenvalue weighted by Gasteiger charge is 2.11. The zero-order chi connectivity index (χ0) is 16.1. The SMILES string of the molecule is O=c1sc(/C=N/Nc2ccccc2)c(Cl)n1Cc1ccccc1. The van der Waals surface area contributed by atoms with Gasteiger partial charge in [0.15, 0.2) is 0 Å². The van der Waals surface area contributed by atoms with E-state index < -0.39 is 0 Å². The van der Waals surface area contributed by atoms with Gasteiger partial charge in [0, 0.05) is 0 Å². The number of rotatable bonds is 5. The number of benzene rings is 2. The van der Waals surface area contributed by atoms with Gasteiger partial charge in [-0.05, 0) is 17.7 Å². The Morgan fingerprint density at radius 1 is 1.09 bits per heavy atom. The predicted molar refractivity (Wildman–Crippen MR) is 96.8 cm³/mol. The number of hydrazone groups is 1. The topological polar surface area (TPSA) is 46.4 Å². The number of para-hydroxylation sites is 1. The Balaban J connectivity index is 1.77. The molecule has 1 N–H and O–H groups in total. The molecule has 0 atom stereocenters. The Labute approximate surface area is 142 Å². The molecule has 0 saturated heterocycles. The van der Waals surface area contributed by atoms with E-state index in [-0.39, 0.29) is 4.87 Å². The minimum Gasteiger partial charge on any atom is -0.284 e. The van der Waals surface area contributed by atoms with Crippen LogP contribution in [0.5, 0.6) is 0 Å². The summed E-state index contributed by atoms with van der Waals surface area (Å²) in [4.78, 5) is 12.7. The summed E-state index contributed by atoms with van der Waals surface area (Å²) in [6.45, 7) is 0.453. The van der Waals surface area contributed by atoms with Crippen LogP contribution >= 0.6 is 22.9 Å². The highest BCUT2D eigenvalue weighted by molar-refractivity contribution is 7.11. The van der Waals surface area contributed by atoms with E-state index >= 15 is 0 Å². The predicted octanol–water partition coefficient (Wildman–Crippen LogP) is 4.06. The fourth-order valence-corrected chi connectivity index (χ4v) is 3.17. The number of aromatic nitrogens is 1. The lowest BCUT2D eigenvalue weighted by molar-refractivity contribution is 0.784.